The van der Waals surface area contributed by atoms with Crippen LogP contribution >= 0.6 is 31.9 Å². The lowest BCUT2D eigenvalue weighted by molar-refractivity contribution is -0.118. The summed E-state index contributed by atoms with van der Waals surface area (Å²) >= 11 is 6.94. The van der Waals surface area contributed by atoms with Crippen molar-refractivity contribution in [3.05, 3.63) is 91.1 Å². The molecule has 1 heterocycles. The number of halogens is 3. The Morgan fingerprint density at radius 2 is 1.95 bits per heavy atom. The van der Waals surface area contributed by atoms with Crippen molar-refractivity contribution in [2.45, 2.75) is 38.0 Å². The lowest BCUT2D eigenvalue weighted by atomic mass is 9.88. The van der Waals surface area contributed by atoms with E-state index in [1.165, 1.54) is 36.4 Å². The Kier molecular flexibility index (Phi) is 9.14. The molecule has 0 unspecified atom stereocenters. The molecule has 1 aliphatic rings. The van der Waals surface area contributed by atoms with Gasteiger partial charge in [-0.05, 0) is 82.9 Å². The molecule has 0 bridgehead atoms. The summed E-state index contributed by atoms with van der Waals surface area (Å²) in [6.45, 7) is -0.322. The highest BCUT2D eigenvalue weighted by Gasteiger charge is 2.23. The van der Waals surface area contributed by atoms with Crippen LogP contribution in [0.15, 0.2) is 73.4 Å². The molecule has 0 spiro atoms. The monoisotopic (exact) mass is 684 g/mol. The van der Waals surface area contributed by atoms with Gasteiger partial charge in [0, 0.05) is 16.1 Å². The highest BCUT2D eigenvalue weighted by atomic mass is 79.9. The minimum absolute atomic E-state index is 0.150. The van der Waals surface area contributed by atoms with Crippen LogP contribution in [0.4, 0.5) is 10.1 Å². The Balaban J connectivity index is 1.41. The zero-order valence-electron chi connectivity index (χ0n) is 22.2. The van der Waals surface area contributed by atoms with Crippen molar-refractivity contribution in [3.8, 4) is 11.5 Å². The molecule has 5 rings (SSSR count). The van der Waals surface area contributed by atoms with Crippen LogP contribution in [0.5, 0.6) is 11.5 Å². The Morgan fingerprint density at radius 1 is 1.15 bits per heavy atom. The fraction of sp³-hybridized carbons (Fsp3) is 0.267. The molecular formula is C30H27Br2FN4O4. The summed E-state index contributed by atoms with van der Waals surface area (Å²) in [5, 5.41) is 7.67. The van der Waals surface area contributed by atoms with E-state index in [9.17, 15) is 14.0 Å². The number of nitrogens with one attached hydrogen (secondary N) is 1. The molecule has 0 radical (unpaired) electrons. The van der Waals surface area contributed by atoms with Gasteiger partial charge >= 0.3 is 0 Å². The molecule has 1 saturated carbocycles. The lowest BCUT2D eigenvalue weighted by Crippen LogP contribution is -2.25. The minimum Gasteiger partial charge on any atom is -0.493 e. The number of carbonyl (C=O) groups excluding carboxylic acids is 1. The molecular weight excluding hydrogens is 659 g/mol. The van der Waals surface area contributed by atoms with E-state index in [1.807, 2.05) is 12.1 Å². The topological polar surface area (TPSA) is 94.8 Å². The third kappa shape index (κ3) is 6.84. The van der Waals surface area contributed by atoms with Crippen molar-refractivity contribution in [1.82, 2.24) is 9.66 Å². The smallest absolute Gasteiger partial charge is 0.282 e. The van der Waals surface area contributed by atoms with Crippen molar-refractivity contribution < 1.29 is 18.7 Å². The largest absolute Gasteiger partial charge is 0.493 e. The van der Waals surface area contributed by atoms with Crippen LogP contribution in [-0.2, 0) is 4.79 Å². The van der Waals surface area contributed by atoms with E-state index in [0.29, 0.717) is 43.9 Å². The molecule has 1 amide bonds. The molecule has 1 aliphatic carbocycles. The van der Waals surface area contributed by atoms with Gasteiger partial charge in [-0.25, -0.2) is 9.37 Å². The van der Waals surface area contributed by atoms with Gasteiger partial charge in [-0.1, -0.05) is 41.3 Å². The van der Waals surface area contributed by atoms with E-state index >= 15 is 0 Å². The summed E-state index contributed by atoms with van der Waals surface area (Å²) < 4.78 is 27.4. The number of aromatic nitrogens is 2. The second-order valence-corrected chi connectivity index (χ2v) is 11.5. The minimum atomic E-state index is -0.458. The third-order valence-corrected chi connectivity index (χ3v) is 7.92. The molecule has 41 heavy (non-hydrogen) atoms. The maximum absolute atomic E-state index is 13.6. The van der Waals surface area contributed by atoms with Gasteiger partial charge < -0.3 is 14.8 Å². The first-order chi connectivity index (χ1) is 19.8. The Labute approximate surface area is 252 Å². The summed E-state index contributed by atoms with van der Waals surface area (Å²) in [6, 6.07) is 14.5. The summed E-state index contributed by atoms with van der Waals surface area (Å²) in [6.07, 6.45) is 6.86. The van der Waals surface area contributed by atoms with Gasteiger partial charge in [0.25, 0.3) is 11.5 Å². The number of carbonyl (C=O) groups is 1. The Morgan fingerprint density at radius 3 is 2.71 bits per heavy atom. The summed E-state index contributed by atoms with van der Waals surface area (Å²) in [5.41, 5.74) is 1.39. The van der Waals surface area contributed by atoms with Crippen molar-refractivity contribution in [3.63, 3.8) is 0 Å². The van der Waals surface area contributed by atoms with Crippen molar-refractivity contribution in [2.24, 2.45) is 5.10 Å². The maximum atomic E-state index is 13.6. The average Bonchev–Trinajstić information content (AvgIpc) is 2.96. The first-order valence-corrected chi connectivity index (χ1v) is 14.7. The van der Waals surface area contributed by atoms with E-state index in [-0.39, 0.29) is 18.1 Å². The Hall–Kier alpha value is -3.57. The third-order valence-electron chi connectivity index (χ3n) is 6.83. The van der Waals surface area contributed by atoms with Crippen LogP contribution in [-0.4, -0.2) is 35.5 Å². The van der Waals surface area contributed by atoms with Gasteiger partial charge in [0.2, 0.25) is 0 Å². The Bertz CT molecular complexity index is 1690. The summed E-state index contributed by atoms with van der Waals surface area (Å²) in [7, 11) is 1.49. The molecule has 1 aromatic heterocycles. The van der Waals surface area contributed by atoms with E-state index in [1.54, 1.807) is 30.5 Å². The number of nitrogens with zero attached hydrogens (tertiary/aromatic N) is 3. The second-order valence-electron chi connectivity index (χ2n) is 9.71. The van der Waals surface area contributed by atoms with E-state index in [0.717, 1.165) is 30.2 Å². The molecule has 0 aliphatic heterocycles. The van der Waals surface area contributed by atoms with E-state index in [2.05, 4.69) is 42.3 Å². The number of benzene rings is 3. The van der Waals surface area contributed by atoms with Crippen LogP contribution in [0, 0.1) is 5.82 Å². The fourth-order valence-corrected chi connectivity index (χ4v) is 5.82. The molecule has 3 aromatic carbocycles. The number of anilines is 1. The van der Waals surface area contributed by atoms with Crippen molar-refractivity contribution in [1.29, 1.82) is 0 Å². The zero-order valence-corrected chi connectivity index (χ0v) is 25.4. The molecule has 4 aromatic rings. The normalized spacial score (nSPS) is 14.0. The van der Waals surface area contributed by atoms with Gasteiger partial charge in [-0.3, -0.25) is 9.59 Å². The van der Waals surface area contributed by atoms with Gasteiger partial charge in [0.15, 0.2) is 18.1 Å². The quantitative estimate of drug-likeness (QED) is 0.201. The predicted molar refractivity (Wildman–Crippen MR) is 164 cm³/mol. The van der Waals surface area contributed by atoms with Gasteiger partial charge in [0.1, 0.15) is 11.6 Å². The molecule has 0 saturated heterocycles. The highest BCUT2D eigenvalue weighted by molar-refractivity contribution is 9.10. The standard InChI is InChI=1S/C30H27Br2FN4O4/c1-40-26-13-18(12-24(32)28(26)41-17-27(38)35-22-9-5-8-21(33)15-22)16-34-37-29(19-6-3-2-4-7-19)36-25-11-10-20(31)14-23(25)30(37)39/h5,8-16,19H,2-4,6-7,17H2,1H3,(H,35,38). The van der Waals surface area contributed by atoms with Crippen LogP contribution in [0.3, 0.4) is 0 Å². The van der Waals surface area contributed by atoms with Crippen LogP contribution in [0.2, 0.25) is 0 Å². The van der Waals surface area contributed by atoms with Gasteiger partial charge in [-0.2, -0.15) is 9.78 Å². The van der Waals surface area contributed by atoms with Crippen molar-refractivity contribution in [2.75, 3.05) is 19.0 Å². The number of hydrogen-bond donors (Lipinski definition) is 1. The number of methoxy groups -OCH3 is 1. The van der Waals surface area contributed by atoms with Gasteiger partial charge in [-0.15, -0.1) is 0 Å². The number of hydrogen-bond acceptors (Lipinski definition) is 6. The second kappa shape index (κ2) is 12.9. The van der Waals surface area contributed by atoms with Crippen molar-refractivity contribution >= 4 is 60.6 Å². The average molecular weight is 686 g/mol. The molecule has 11 heteroatoms. The number of fused-ring (bicyclic) bond motifs is 1. The number of amides is 1. The van der Waals surface area contributed by atoms with Crippen LogP contribution < -0.4 is 20.3 Å². The highest BCUT2D eigenvalue weighted by Crippen LogP contribution is 2.36. The molecule has 1 fully saturated rings. The summed E-state index contributed by atoms with van der Waals surface area (Å²) in [4.78, 5) is 30.8. The fourth-order valence-electron chi connectivity index (χ4n) is 4.88. The number of ether oxygens (including phenoxy) is 2. The zero-order chi connectivity index (χ0) is 28.9. The predicted octanol–water partition coefficient (Wildman–Crippen LogP) is 7.02. The lowest BCUT2D eigenvalue weighted by Gasteiger charge is -2.22. The maximum Gasteiger partial charge on any atom is 0.282 e. The molecule has 1 N–H and O–H groups in total. The molecule has 8 nitrogen and oxygen atoms in total. The first-order valence-electron chi connectivity index (χ1n) is 13.1. The first kappa shape index (κ1) is 28.9. The number of rotatable bonds is 8. The molecule has 0 atom stereocenters. The van der Waals surface area contributed by atoms with E-state index in [4.69, 9.17) is 14.5 Å². The SMILES string of the molecule is COc1cc(C=Nn2c(C3CCCCC3)nc3ccc(Br)cc3c2=O)cc(Br)c1OCC(=O)Nc1cccc(F)c1. The van der Waals surface area contributed by atoms with Crippen LogP contribution in [0.25, 0.3) is 10.9 Å². The summed E-state index contributed by atoms with van der Waals surface area (Å²) in [5.74, 6) is 0.579. The molecule has 212 valence electrons. The van der Waals surface area contributed by atoms with Crippen LogP contribution in [0.1, 0.15) is 49.4 Å². The van der Waals surface area contributed by atoms with E-state index < -0.39 is 11.7 Å². The van der Waals surface area contributed by atoms with Gasteiger partial charge in [0.05, 0.1) is 28.7 Å².